The quantitative estimate of drug-likeness (QED) is 0.790. The maximum absolute atomic E-state index is 11.4. The molecule has 18 heavy (non-hydrogen) atoms. The van der Waals surface area contributed by atoms with Crippen molar-refractivity contribution >= 4 is 12.1 Å². The Kier molecular flexibility index (Phi) is 10.3. The third-order valence-electron chi connectivity index (χ3n) is 1.85. The molecule has 5 heteroatoms. The minimum atomic E-state index is -0.534. The first-order valence-electron chi connectivity index (χ1n) is 6.34. The third kappa shape index (κ3) is 11.2. The summed E-state index contributed by atoms with van der Waals surface area (Å²) in [7, 11) is 1.32. The smallest absolute Gasteiger partial charge is 0.407 e. The number of carbonyl (C=O) groups is 2. The van der Waals surface area contributed by atoms with E-state index in [1.54, 1.807) is 20.8 Å². The number of hydrogen-bond donors (Lipinski definition) is 1. The van der Waals surface area contributed by atoms with Crippen LogP contribution in [0.3, 0.4) is 0 Å². The van der Waals surface area contributed by atoms with Crippen LogP contribution in [-0.4, -0.2) is 30.8 Å². The number of methoxy groups -OCH3 is 1. The van der Waals surface area contributed by atoms with Gasteiger partial charge in [0.1, 0.15) is 5.60 Å². The van der Waals surface area contributed by atoms with Crippen LogP contribution in [0.15, 0.2) is 0 Å². The molecular formula is C13H27NO4. The van der Waals surface area contributed by atoms with E-state index in [9.17, 15) is 9.59 Å². The molecule has 0 bridgehead atoms. The second kappa shape index (κ2) is 9.74. The van der Waals surface area contributed by atoms with Crippen molar-refractivity contribution in [3.63, 3.8) is 0 Å². The number of rotatable bonds is 4. The Hall–Kier alpha value is -1.26. The van der Waals surface area contributed by atoms with Crippen molar-refractivity contribution in [3.8, 4) is 0 Å². The average molecular weight is 261 g/mol. The first-order valence-corrected chi connectivity index (χ1v) is 6.34. The molecule has 1 N–H and O–H groups in total. The van der Waals surface area contributed by atoms with Gasteiger partial charge in [-0.3, -0.25) is 4.79 Å². The molecule has 5 nitrogen and oxygen atoms in total. The first kappa shape index (κ1) is 19.1. The maximum Gasteiger partial charge on any atom is 0.407 e. The van der Waals surface area contributed by atoms with Gasteiger partial charge >= 0.3 is 12.1 Å². The largest absolute Gasteiger partial charge is 0.469 e. The van der Waals surface area contributed by atoms with Crippen LogP contribution in [0.2, 0.25) is 0 Å². The molecule has 0 fully saturated rings. The Morgan fingerprint density at radius 1 is 1.22 bits per heavy atom. The Labute approximate surface area is 110 Å². The van der Waals surface area contributed by atoms with Crippen molar-refractivity contribution in [3.05, 3.63) is 0 Å². The molecule has 0 aliphatic rings. The van der Waals surface area contributed by atoms with E-state index in [0.717, 1.165) is 0 Å². The molecule has 0 heterocycles. The van der Waals surface area contributed by atoms with E-state index in [2.05, 4.69) is 10.1 Å². The lowest BCUT2D eigenvalue weighted by Crippen LogP contribution is -2.40. The predicted molar refractivity (Wildman–Crippen MR) is 71.4 cm³/mol. The molecule has 0 aromatic carbocycles. The summed E-state index contributed by atoms with van der Waals surface area (Å²) in [6.45, 7) is 11.2. The lowest BCUT2D eigenvalue weighted by atomic mass is 10.1. The zero-order valence-electron chi connectivity index (χ0n) is 12.6. The number of nitrogens with one attached hydrogen (secondary N) is 1. The molecule has 1 amide bonds. The zero-order chi connectivity index (χ0) is 14.8. The third-order valence-corrected chi connectivity index (χ3v) is 1.85. The van der Waals surface area contributed by atoms with E-state index in [4.69, 9.17) is 4.74 Å². The van der Waals surface area contributed by atoms with E-state index >= 15 is 0 Å². The summed E-state index contributed by atoms with van der Waals surface area (Å²) < 4.78 is 9.62. The van der Waals surface area contributed by atoms with E-state index < -0.39 is 11.7 Å². The highest BCUT2D eigenvalue weighted by Crippen LogP contribution is 2.08. The topological polar surface area (TPSA) is 64.6 Å². The minimum absolute atomic E-state index is 0.159. The van der Waals surface area contributed by atoms with Gasteiger partial charge in [-0.25, -0.2) is 4.79 Å². The molecular weight excluding hydrogens is 234 g/mol. The van der Waals surface area contributed by atoms with E-state index in [0.29, 0.717) is 6.42 Å². The second-order valence-corrected chi connectivity index (χ2v) is 4.53. The van der Waals surface area contributed by atoms with Crippen LogP contribution >= 0.6 is 0 Å². The van der Waals surface area contributed by atoms with Crippen molar-refractivity contribution in [2.75, 3.05) is 7.11 Å². The highest BCUT2D eigenvalue weighted by Gasteiger charge is 2.20. The molecule has 1 unspecified atom stereocenters. The molecule has 1 atom stereocenters. The monoisotopic (exact) mass is 261 g/mol. The molecule has 0 spiro atoms. The maximum atomic E-state index is 11.4. The number of carbonyl (C=O) groups excluding carboxylic acids is 2. The van der Waals surface area contributed by atoms with Gasteiger partial charge in [-0.15, -0.1) is 0 Å². The van der Waals surface area contributed by atoms with Crippen molar-refractivity contribution < 1.29 is 19.1 Å². The summed E-state index contributed by atoms with van der Waals surface area (Å²) in [6, 6.07) is -0.248. The van der Waals surface area contributed by atoms with Gasteiger partial charge in [0.25, 0.3) is 0 Å². The summed E-state index contributed by atoms with van der Waals surface area (Å²) in [6.07, 6.45) is 0.295. The van der Waals surface area contributed by atoms with Gasteiger partial charge in [0, 0.05) is 6.04 Å². The standard InChI is InChI=1S/C11H21NO4.C2H6/c1-6-8(7-9(13)15-5)12-10(14)16-11(2,3)4;1-2/h8H,6-7H2,1-5H3,(H,12,14);1-2H3. The summed E-state index contributed by atoms with van der Waals surface area (Å²) in [5.74, 6) is -0.345. The van der Waals surface area contributed by atoms with Gasteiger partial charge < -0.3 is 14.8 Å². The molecule has 0 aliphatic heterocycles. The van der Waals surface area contributed by atoms with Gasteiger partial charge in [0.05, 0.1) is 13.5 Å². The highest BCUT2D eigenvalue weighted by molar-refractivity contribution is 5.72. The lowest BCUT2D eigenvalue weighted by molar-refractivity contribution is -0.141. The second-order valence-electron chi connectivity index (χ2n) is 4.53. The minimum Gasteiger partial charge on any atom is -0.469 e. The fourth-order valence-corrected chi connectivity index (χ4v) is 1.06. The molecule has 0 saturated carbocycles. The van der Waals surface area contributed by atoms with Crippen molar-refractivity contribution in [1.82, 2.24) is 5.32 Å². The first-order chi connectivity index (χ1) is 8.28. The highest BCUT2D eigenvalue weighted by atomic mass is 16.6. The fourth-order valence-electron chi connectivity index (χ4n) is 1.06. The van der Waals surface area contributed by atoms with Crippen LogP contribution in [-0.2, 0) is 14.3 Å². The van der Waals surface area contributed by atoms with E-state index in [1.165, 1.54) is 7.11 Å². The number of hydrogen-bond acceptors (Lipinski definition) is 4. The summed E-state index contributed by atoms with van der Waals surface area (Å²) in [5.41, 5.74) is -0.534. The van der Waals surface area contributed by atoms with Crippen molar-refractivity contribution in [2.45, 2.75) is 66.0 Å². The van der Waals surface area contributed by atoms with Gasteiger partial charge in [-0.05, 0) is 27.2 Å². The Morgan fingerprint density at radius 3 is 2.06 bits per heavy atom. The Bertz CT molecular complexity index is 246. The van der Waals surface area contributed by atoms with Crippen molar-refractivity contribution in [2.24, 2.45) is 0 Å². The summed E-state index contributed by atoms with van der Waals surface area (Å²) in [4.78, 5) is 22.4. The molecule has 0 aromatic rings. The summed E-state index contributed by atoms with van der Waals surface area (Å²) in [5, 5.41) is 2.63. The fraction of sp³-hybridized carbons (Fsp3) is 0.846. The van der Waals surface area contributed by atoms with Crippen molar-refractivity contribution in [1.29, 1.82) is 0 Å². The lowest BCUT2D eigenvalue weighted by Gasteiger charge is -2.22. The van der Waals surface area contributed by atoms with Gasteiger partial charge in [0.15, 0.2) is 0 Å². The van der Waals surface area contributed by atoms with E-state index in [1.807, 2.05) is 20.8 Å². The number of ether oxygens (including phenoxy) is 2. The molecule has 0 aliphatic carbocycles. The molecule has 0 aromatic heterocycles. The van der Waals surface area contributed by atoms with Crippen LogP contribution in [0, 0.1) is 0 Å². The van der Waals surface area contributed by atoms with Crippen LogP contribution in [0.25, 0.3) is 0 Å². The number of esters is 1. The predicted octanol–water partition coefficient (Wildman–Crippen LogP) is 2.88. The van der Waals surface area contributed by atoms with Gasteiger partial charge in [-0.2, -0.15) is 0 Å². The number of amides is 1. The molecule has 0 rings (SSSR count). The Morgan fingerprint density at radius 2 is 1.72 bits per heavy atom. The van der Waals surface area contributed by atoms with E-state index in [-0.39, 0.29) is 18.4 Å². The van der Waals surface area contributed by atoms with Crippen LogP contribution in [0.5, 0.6) is 0 Å². The number of alkyl carbamates (subject to hydrolysis) is 1. The van der Waals surface area contributed by atoms with Gasteiger partial charge in [0.2, 0.25) is 0 Å². The summed E-state index contributed by atoms with van der Waals surface area (Å²) >= 11 is 0. The van der Waals surface area contributed by atoms with Gasteiger partial charge in [-0.1, -0.05) is 20.8 Å². The normalized spacial score (nSPS) is 11.7. The van der Waals surface area contributed by atoms with Crippen LogP contribution in [0.4, 0.5) is 4.79 Å². The van der Waals surface area contributed by atoms with Crippen LogP contribution < -0.4 is 5.32 Å². The SMILES string of the molecule is CC.CCC(CC(=O)OC)NC(=O)OC(C)(C)C. The zero-order valence-corrected chi connectivity index (χ0v) is 12.6. The van der Waals surface area contributed by atoms with Crippen LogP contribution in [0.1, 0.15) is 54.4 Å². The average Bonchev–Trinajstić information content (AvgIpc) is 2.28. The molecule has 108 valence electrons. The molecule has 0 saturated heterocycles. The Balaban J connectivity index is 0. The molecule has 0 radical (unpaired) electrons.